The zero-order chi connectivity index (χ0) is 13.8. The fourth-order valence-electron chi connectivity index (χ4n) is 1.57. The molecule has 1 aromatic heterocycles. The SMILES string of the molecule is CCc1nc(CSc2ccccc2F)nc(N)c1I. The number of hydrogen-bond donors (Lipinski definition) is 1. The van der Waals surface area contributed by atoms with E-state index >= 15 is 0 Å². The molecule has 0 amide bonds. The van der Waals surface area contributed by atoms with Crippen molar-refractivity contribution in [1.82, 2.24) is 9.97 Å². The van der Waals surface area contributed by atoms with E-state index in [1.54, 1.807) is 12.1 Å². The van der Waals surface area contributed by atoms with E-state index in [2.05, 4.69) is 32.6 Å². The number of rotatable bonds is 4. The van der Waals surface area contributed by atoms with Gasteiger partial charge in [0.2, 0.25) is 0 Å². The summed E-state index contributed by atoms with van der Waals surface area (Å²) in [5.74, 6) is 1.43. The summed E-state index contributed by atoms with van der Waals surface area (Å²) in [6.45, 7) is 2.03. The van der Waals surface area contributed by atoms with Gasteiger partial charge in [-0.1, -0.05) is 19.1 Å². The van der Waals surface area contributed by atoms with Crippen molar-refractivity contribution < 1.29 is 4.39 Å². The maximum absolute atomic E-state index is 13.5. The molecule has 0 saturated heterocycles. The Bertz CT molecular complexity index is 592. The van der Waals surface area contributed by atoms with Gasteiger partial charge in [0.05, 0.1) is 15.0 Å². The molecule has 0 atom stereocenters. The average Bonchev–Trinajstić information content (AvgIpc) is 2.41. The molecule has 3 nitrogen and oxygen atoms in total. The Kier molecular flexibility index (Phi) is 4.98. The van der Waals surface area contributed by atoms with Gasteiger partial charge in [0.25, 0.3) is 0 Å². The summed E-state index contributed by atoms with van der Waals surface area (Å²) in [6, 6.07) is 6.68. The van der Waals surface area contributed by atoms with Crippen molar-refractivity contribution in [2.45, 2.75) is 24.0 Å². The lowest BCUT2D eigenvalue weighted by molar-refractivity contribution is 0.602. The number of benzene rings is 1. The van der Waals surface area contributed by atoms with Gasteiger partial charge in [0.15, 0.2) is 0 Å². The smallest absolute Gasteiger partial charge is 0.141 e. The van der Waals surface area contributed by atoms with Crippen LogP contribution < -0.4 is 5.73 Å². The van der Waals surface area contributed by atoms with Crippen LogP contribution in [0, 0.1) is 9.39 Å². The van der Waals surface area contributed by atoms with Gasteiger partial charge >= 0.3 is 0 Å². The number of nitrogens with two attached hydrogens (primary N) is 1. The number of thioether (sulfide) groups is 1. The molecule has 19 heavy (non-hydrogen) atoms. The summed E-state index contributed by atoms with van der Waals surface area (Å²) in [5.41, 5.74) is 6.80. The molecular formula is C13H13FIN3S. The van der Waals surface area contributed by atoms with Gasteiger partial charge < -0.3 is 5.73 Å². The third kappa shape index (κ3) is 3.56. The number of halogens is 2. The van der Waals surface area contributed by atoms with Crippen LogP contribution in [-0.2, 0) is 12.2 Å². The monoisotopic (exact) mass is 389 g/mol. The highest BCUT2D eigenvalue weighted by Crippen LogP contribution is 2.25. The summed E-state index contributed by atoms with van der Waals surface area (Å²) < 4.78 is 14.4. The van der Waals surface area contributed by atoms with E-state index in [9.17, 15) is 4.39 Å². The molecular weight excluding hydrogens is 376 g/mol. The zero-order valence-electron chi connectivity index (χ0n) is 10.4. The minimum Gasteiger partial charge on any atom is -0.383 e. The van der Waals surface area contributed by atoms with Crippen molar-refractivity contribution >= 4 is 40.2 Å². The Morgan fingerprint density at radius 2 is 2.05 bits per heavy atom. The van der Waals surface area contributed by atoms with Crippen LogP contribution in [0.1, 0.15) is 18.4 Å². The van der Waals surface area contributed by atoms with Crippen LogP contribution in [0.2, 0.25) is 0 Å². The normalized spacial score (nSPS) is 10.7. The third-order valence-corrected chi connectivity index (χ3v) is 4.74. The van der Waals surface area contributed by atoms with Gasteiger partial charge in [-0.3, -0.25) is 0 Å². The first kappa shape index (κ1) is 14.5. The fourth-order valence-corrected chi connectivity index (χ4v) is 2.99. The van der Waals surface area contributed by atoms with E-state index in [1.165, 1.54) is 17.8 Å². The third-order valence-electron chi connectivity index (χ3n) is 2.52. The van der Waals surface area contributed by atoms with Gasteiger partial charge in [0.1, 0.15) is 17.5 Å². The number of nitrogen functional groups attached to an aromatic ring is 1. The van der Waals surface area contributed by atoms with Crippen LogP contribution in [0.15, 0.2) is 29.2 Å². The molecule has 0 radical (unpaired) electrons. The molecule has 0 spiro atoms. The Labute approximate surface area is 129 Å². The Balaban J connectivity index is 2.16. The van der Waals surface area contributed by atoms with Crippen molar-refractivity contribution in [2.24, 2.45) is 0 Å². The van der Waals surface area contributed by atoms with Crippen molar-refractivity contribution in [3.05, 3.63) is 45.2 Å². The summed E-state index contributed by atoms with van der Waals surface area (Å²) in [7, 11) is 0. The molecule has 6 heteroatoms. The van der Waals surface area contributed by atoms with E-state index in [0.717, 1.165) is 15.7 Å². The minimum atomic E-state index is -0.221. The fraction of sp³-hybridized carbons (Fsp3) is 0.231. The number of nitrogens with zero attached hydrogens (tertiary/aromatic N) is 2. The van der Waals surface area contributed by atoms with Crippen LogP contribution >= 0.6 is 34.4 Å². The van der Waals surface area contributed by atoms with Gasteiger partial charge in [-0.2, -0.15) is 0 Å². The van der Waals surface area contributed by atoms with Gasteiger partial charge in [-0.15, -0.1) is 11.8 Å². The summed E-state index contributed by atoms with van der Waals surface area (Å²) in [4.78, 5) is 9.29. The lowest BCUT2D eigenvalue weighted by atomic mass is 10.3. The van der Waals surface area contributed by atoms with Gasteiger partial charge in [-0.05, 0) is 41.1 Å². The largest absolute Gasteiger partial charge is 0.383 e. The Morgan fingerprint density at radius 1 is 1.32 bits per heavy atom. The van der Waals surface area contributed by atoms with Crippen molar-refractivity contribution in [2.75, 3.05) is 5.73 Å². The van der Waals surface area contributed by atoms with E-state index in [-0.39, 0.29) is 5.82 Å². The first-order chi connectivity index (χ1) is 9.11. The van der Waals surface area contributed by atoms with E-state index in [1.807, 2.05) is 13.0 Å². The average molecular weight is 389 g/mol. The highest BCUT2D eigenvalue weighted by atomic mass is 127. The zero-order valence-corrected chi connectivity index (χ0v) is 13.3. The minimum absolute atomic E-state index is 0.221. The maximum atomic E-state index is 13.5. The second kappa shape index (κ2) is 6.51. The lowest BCUT2D eigenvalue weighted by Crippen LogP contribution is -2.06. The predicted molar refractivity (Wildman–Crippen MR) is 84.5 cm³/mol. The van der Waals surface area contributed by atoms with Crippen molar-refractivity contribution in [3.63, 3.8) is 0 Å². The highest BCUT2D eigenvalue weighted by molar-refractivity contribution is 14.1. The molecule has 0 bridgehead atoms. The quantitative estimate of drug-likeness (QED) is 0.641. The number of aryl methyl sites for hydroxylation is 1. The molecule has 1 heterocycles. The van der Waals surface area contributed by atoms with Crippen LogP contribution in [0.25, 0.3) is 0 Å². The topological polar surface area (TPSA) is 51.8 Å². The number of hydrogen-bond acceptors (Lipinski definition) is 4. The Hall–Kier alpha value is -0.890. The summed E-state index contributed by atoms with van der Waals surface area (Å²) in [5, 5.41) is 0. The van der Waals surface area contributed by atoms with Crippen molar-refractivity contribution in [3.8, 4) is 0 Å². The Morgan fingerprint density at radius 3 is 2.74 bits per heavy atom. The molecule has 0 aliphatic rings. The van der Waals surface area contributed by atoms with Crippen LogP contribution in [0.5, 0.6) is 0 Å². The van der Waals surface area contributed by atoms with Crippen molar-refractivity contribution in [1.29, 1.82) is 0 Å². The molecule has 100 valence electrons. The van der Waals surface area contributed by atoms with Gasteiger partial charge in [-0.25, -0.2) is 14.4 Å². The van der Waals surface area contributed by atoms with E-state index in [0.29, 0.717) is 22.3 Å². The number of anilines is 1. The number of aromatic nitrogens is 2. The summed E-state index contributed by atoms with van der Waals surface area (Å²) in [6.07, 6.45) is 0.808. The predicted octanol–water partition coefficient (Wildman–Crippen LogP) is 3.66. The standard InChI is InChI=1S/C13H13FIN3S/c1-2-9-12(15)13(16)18-11(17-9)7-19-10-6-4-3-5-8(10)14/h3-6H,2,7H2,1H3,(H2,16,17,18). The first-order valence-electron chi connectivity index (χ1n) is 5.80. The molecule has 0 fully saturated rings. The highest BCUT2D eigenvalue weighted by Gasteiger charge is 2.10. The lowest BCUT2D eigenvalue weighted by Gasteiger charge is -2.07. The molecule has 0 aliphatic carbocycles. The first-order valence-corrected chi connectivity index (χ1v) is 7.86. The molecule has 2 rings (SSSR count). The van der Waals surface area contributed by atoms with E-state index < -0.39 is 0 Å². The molecule has 0 unspecified atom stereocenters. The molecule has 1 aromatic carbocycles. The van der Waals surface area contributed by atoms with Gasteiger partial charge in [0, 0.05) is 4.90 Å². The second-order valence-electron chi connectivity index (χ2n) is 3.86. The van der Waals surface area contributed by atoms with Crippen LogP contribution in [0.4, 0.5) is 10.2 Å². The molecule has 2 aromatic rings. The summed E-state index contributed by atoms with van der Waals surface area (Å²) >= 11 is 3.53. The molecule has 0 saturated carbocycles. The second-order valence-corrected chi connectivity index (χ2v) is 5.95. The van der Waals surface area contributed by atoms with Crippen LogP contribution in [0.3, 0.4) is 0 Å². The maximum Gasteiger partial charge on any atom is 0.141 e. The van der Waals surface area contributed by atoms with Crippen LogP contribution in [-0.4, -0.2) is 9.97 Å². The van der Waals surface area contributed by atoms with E-state index in [4.69, 9.17) is 5.73 Å². The molecule has 2 N–H and O–H groups in total. The molecule has 0 aliphatic heterocycles.